The molecule has 0 aliphatic rings. The van der Waals surface area contributed by atoms with Gasteiger partial charge in [-0.2, -0.15) is 0 Å². The van der Waals surface area contributed by atoms with Crippen LogP contribution in [0.3, 0.4) is 0 Å². The van der Waals surface area contributed by atoms with Crippen LogP contribution >= 0.6 is 10.7 Å². The van der Waals surface area contributed by atoms with Gasteiger partial charge in [0, 0.05) is 28.6 Å². The van der Waals surface area contributed by atoms with E-state index in [1.807, 2.05) is 0 Å². The highest BCUT2D eigenvalue weighted by Crippen LogP contribution is 2.17. The standard InChI is InChI=1S/C10H13ClN2O4S/c1-10(2,3)17-9(14)13-7-4-5-12-8(6-7)18(11,15)16/h4-6H,1-3H3,(H,12,13,14). The van der Waals surface area contributed by atoms with Crippen LogP contribution in [0, 0.1) is 0 Å². The van der Waals surface area contributed by atoms with Crippen LogP contribution in [-0.2, 0) is 13.8 Å². The van der Waals surface area contributed by atoms with E-state index in [1.54, 1.807) is 20.8 Å². The number of hydrogen-bond donors (Lipinski definition) is 1. The Morgan fingerprint density at radius 2 is 2.06 bits per heavy atom. The number of rotatable bonds is 2. The van der Waals surface area contributed by atoms with Crippen molar-refractivity contribution in [3.8, 4) is 0 Å². The lowest BCUT2D eigenvalue weighted by Gasteiger charge is -2.19. The summed E-state index contributed by atoms with van der Waals surface area (Å²) in [6, 6.07) is 2.57. The third-order valence-electron chi connectivity index (χ3n) is 1.63. The molecular formula is C10H13ClN2O4S. The largest absolute Gasteiger partial charge is 0.444 e. The molecule has 0 saturated heterocycles. The third-order valence-corrected chi connectivity index (χ3v) is 2.83. The fourth-order valence-electron chi connectivity index (χ4n) is 1.04. The molecule has 1 N–H and O–H groups in total. The Hall–Kier alpha value is -1.34. The molecule has 0 unspecified atom stereocenters. The first-order chi connectivity index (χ1) is 8.08. The maximum absolute atomic E-state index is 11.5. The smallest absolute Gasteiger partial charge is 0.412 e. The van der Waals surface area contributed by atoms with Crippen LogP contribution in [0.2, 0.25) is 0 Å². The van der Waals surface area contributed by atoms with E-state index in [2.05, 4.69) is 10.3 Å². The number of carbonyl (C=O) groups excluding carboxylic acids is 1. The first kappa shape index (κ1) is 14.7. The lowest BCUT2D eigenvalue weighted by Crippen LogP contribution is -2.27. The minimum atomic E-state index is -3.93. The molecule has 0 atom stereocenters. The number of hydrogen-bond acceptors (Lipinski definition) is 5. The molecule has 1 rings (SSSR count). The van der Waals surface area contributed by atoms with E-state index in [-0.39, 0.29) is 10.7 Å². The minimum Gasteiger partial charge on any atom is -0.444 e. The molecule has 6 nitrogen and oxygen atoms in total. The monoisotopic (exact) mass is 292 g/mol. The van der Waals surface area contributed by atoms with Crippen molar-refractivity contribution in [1.82, 2.24) is 4.98 Å². The molecule has 1 amide bonds. The first-order valence-corrected chi connectivity index (χ1v) is 7.29. The Morgan fingerprint density at radius 1 is 1.44 bits per heavy atom. The van der Waals surface area contributed by atoms with Crippen molar-refractivity contribution in [2.24, 2.45) is 0 Å². The second-order valence-corrected chi connectivity index (χ2v) is 6.96. The summed E-state index contributed by atoms with van der Waals surface area (Å²) in [5.41, 5.74) is -0.406. The average Bonchev–Trinajstić information content (AvgIpc) is 2.13. The number of ether oxygens (including phenoxy) is 1. The summed E-state index contributed by atoms with van der Waals surface area (Å²) in [6.45, 7) is 5.15. The summed E-state index contributed by atoms with van der Waals surface area (Å²) in [7, 11) is 1.21. The van der Waals surface area contributed by atoms with Crippen molar-refractivity contribution in [3.05, 3.63) is 18.3 Å². The molecule has 0 fully saturated rings. The van der Waals surface area contributed by atoms with Crippen LogP contribution in [-0.4, -0.2) is 25.1 Å². The van der Waals surface area contributed by atoms with Crippen LogP contribution in [0.25, 0.3) is 0 Å². The van der Waals surface area contributed by atoms with Gasteiger partial charge in [0.2, 0.25) is 0 Å². The van der Waals surface area contributed by atoms with Crippen molar-refractivity contribution in [3.63, 3.8) is 0 Å². The second kappa shape index (κ2) is 5.11. The van der Waals surface area contributed by atoms with Gasteiger partial charge in [-0.15, -0.1) is 0 Å². The number of pyridine rings is 1. The van der Waals surface area contributed by atoms with E-state index < -0.39 is 20.7 Å². The van der Waals surface area contributed by atoms with Gasteiger partial charge in [-0.25, -0.2) is 18.2 Å². The molecule has 0 aliphatic heterocycles. The van der Waals surface area contributed by atoms with E-state index in [0.29, 0.717) is 0 Å². The molecule has 1 aromatic rings. The van der Waals surface area contributed by atoms with Crippen LogP contribution < -0.4 is 5.32 Å². The summed E-state index contributed by atoms with van der Waals surface area (Å²) >= 11 is 0. The highest BCUT2D eigenvalue weighted by molar-refractivity contribution is 8.13. The van der Waals surface area contributed by atoms with Crippen molar-refractivity contribution in [2.75, 3.05) is 5.32 Å². The zero-order valence-corrected chi connectivity index (χ0v) is 11.7. The summed E-state index contributed by atoms with van der Waals surface area (Å²) < 4.78 is 27.1. The Labute approximate surface area is 110 Å². The zero-order valence-electron chi connectivity index (χ0n) is 10.1. The number of nitrogens with one attached hydrogen (secondary N) is 1. The molecule has 100 valence electrons. The fraction of sp³-hybridized carbons (Fsp3) is 0.400. The Bertz CT molecular complexity index is 551. The summed E-state index contributed by atoms with van der Waals surface area (Å²) in [4.78, 5) is 15.0. The van der Waals surface area contributed by atoms with E-state index >= 15 is 0 Å². The van der Waals surface area contributed by atoms with Gasteiger partial charge in [0.1, 0.15) is 5.60 Å². The fourth-order valence-corrected chi connectivity index (χ4v) is 1.75. The van der Waals surface area contributed by atoms with E-state index in [4.69, 9.17) is 15.4 Å². The molecule has 0 saturated carbocycles. The number of anilines is 1. The number of aromatic nitrogens is 1. The predicted octanol–water partition coefficient (Wildman–Crippen LogP) is 2.36. The number of carbonyl (C=O) groups is 1. The Balaban J connectivity index is 2.84. The summed E-state index contributed by atoms with van der Waals surface area (Å²) in [5.74, 6) is 0. The van der Waals surface area contributed by atoms with Crippen LogP contribution in [0.5, 0.6) is 0 Å². The van der Waals surface area contributed by atoms with Gasteiger partial charge in [0.15, 0.2) is 5.03 Å². The molecule has 1 heterocycles. The molecule has 0 radical (unpaired) electrons. The van der Waals surface area contributed by atoms with Crippen LogP contribution in [0.15, 0.2) is 23.4 Å². The molecule has 1 aromatic heterocycles. The molecule has 0 bridgehead atoms. The van der Waals surface area contributed by atoms with Crippen molar-refractivity contribution in [2.45, 2.75) is 31.4 Å². The normalized spacial score (nSPS) is 12.0. The zero-order chi connectivity index (χ0) is 14.0. The van der Waals surface area contributed by atoms with Crippen molar-refractivity contribution in [1.29, 1.82) is 0 Å². The molecule has 0 spiro atoms. The second-order valence-electron chi connectivity index (χ2n) is 4.45. The Kier molecular flexibility index (Phi) is 4.18. The Morgan fingerprint density at radius 3 is 2.56 bits per heavy atom. The van der Waals surface area contributed by atoms with E-state index in [1.165, 1.54) is 12.3 Å². The van der Waals surface area contributed by atoms with Crippen molar-refractivity contribution >= 4 is 31.5 Å². The SMILES string of the molecule is CC(C)(C)OC(=O)Nc1ccnc(S(=O)(=O)Cl)c1. The van der Waals surface area contributed by atoms with Gasteiger partial charge < -0.3 is 4.74 Å². The number of nitrogens with zero attached hydrogens (tertiary/aromatic N) is 1. The number of amides is 1. The van der Waals surface area contributed by atoms with Crippen molar-refractivity contribution < 1.29 is 17.9 Å². The average molecular weight is 293 g/mol. The van der Waals surface area contributed by atoms with Crippen LogP contribution in [0.4, 0.5) is 10.5 Å². The molecule has 8 heteroatoms. The minimum absolute atomic E-state index is 0.235. The molecule has 18 heavy (non-hydrogen) atoms. The van der Waals surface area contributed by atoms with Gasteiger partial charge >= 0.3 is 6.09 Å². The predicted molar refractivity (Wildman–Crippen MR) is 67.1 cm³/mol. The summed E-state index contributed by atoms with van der Waals surface area (Å²) in [6.07, 6.45) is 0.536. The number of halogens is 1. The maximum Gasteiger partial charge on any atom is 0.412 e. The van der Waals surface area contributed by atoms with E-state index in [9.17, 15) is 13.2 Å². The topological polar surface area (TPSA) is 85.4 Å². The van der Waals surface area contributed by atoms with Gasteiger partial charge in [0.25, 0.3) is 9.05 Å². The van der Waals surface area contributed by atoms with Gasteiger partial charge in [0.05, 0.1) is 0 Å². The molecule has 0 aromatic carbocycles. The lowest BCUT2D eigenvalue weighted by molar-refractivity contribution is 0.0636. The lowest BCUT2D eigenvalue weighted by atomic mass is 10.2. The van der Waals surface area contributed by atoms with Gasteiger partial charge in [-0.3, -0.25) is 5.32 Å². The molecular weight excluding hydrogens is 280 g/mol. The van der Waals surface area contributed by atoms with Crippen LogP contribution in [0.1, 0.15) is 20.8 Å². The molecule has 0 aliphatic carbocycles. The summed E-state index contributed by atoms with van der Waals surface area (Å²) in [5, 5.41) is 2.05. The highest BCUT2D eigenvalue weighted by atomic mass is 35.7. The van der Waals surface area contributed by atoms with E-state index in [0.717, 1.165) is 6.07 Å². The maximum atomic E-state index is 11.5. The highest BCUT2D eigenvalue weighted by Gasteiger charge is 2.17. The van der Waals surface area contributed by atoms with Gasteiger partial charge in [-0.1, -0.05) is 0 Å². The quantitative estimate of drug-likeness (QED) is 0.846. The third kappa shape index (κ3) is 4.89. The first-order valence-electron chi connectivity index (χ1n) is 4.99. The van der Waals surface area contributed by atoms with Gasteiger partial charge in [-0.05, 0) is 26.8 Å².